The Hall–Kier alpha value is -1.10. The zero-order valence-electron chi connectivity index (χ0n) is 14.5. The van der Waals surface area contributed by atoms with Crippen molar-refractivity contribution >= 4 is 41.9 Å². The van der Waals surface area contributed by atoms with Crippen molar-refractivity contribution in [1.82, 2.24) is 20.9 Å². The molecule has 1 aliphatic heterocycles. The number of amides is 3. The van der Waals surface area contributed by atoms with Gasteiger partial charge in [0.1, 0.15) is 0 Å². The van der Waals surface area contributed by atoms with Gasteiger partial charge in [0.15, 0.2) is 5.96 Å². The maximum absolute atomic E-state index is 11.5. The lowest BCUT2D eigenvalue weighted by molar-refractivity contribution is -0.124. The van der Waals surface area contributed by atoms with Gasteiger partial charge in [0.05, 0.1) is 6.54 Å². The Morgan fingerprint density at radius 3 is 2.62 bits per heavy atom. The van der Waals surface area contributed by atoms with Crippen LogP contribution in [0.3, 0.4) is 0 Å². The molecule has 0 aromatic carbocycles. The summed E-state index contributed by atoms with van der Waals surface area (Å²) in [4.78, 5) is 28.7. The van der Waals surface area contributed by atoms with Gasteiger partial charge in [0.25, 0.3) is 0 Å². The average molecular weight is 455 g/mol. The highest BCUT2D eigenvalue weighted by molar-refractivity contribution is 14.0. The summed E-state index contributed by atoms with van der Waals surface area (Å²) < 4.78 is 0. The fourth-order valence-electron chi connectivity index (χ4n) is 2.45. The molecule has 1 saturated heterocycles. The van der Waals surface area contributed by atoms with Crippen LogP contribution in [0.1, 0.15) is 33.1 Å². The molecule has 1 unspecified atom stereocenters. The van der Waals surface area contributed by atoms with Crippen LogP contribution in [0.15, 0.2) is 4.99 Å². The van der Waals surface area contributed by atoms with Crippen molar-refractivity contribution in [2.45, 2.75) is 33.1 Å². The van der Waals surface area contributed by atoms with Gasteiger partial charge in [-0.1, -0.05) is 13.3 Å². The summed E-state index contributed by atoms with van der Waals surface area (Å²) in [6.07, 6.45) is 2.85. The molecule has 0 aliphatic carbocycles. The predicted octanol–water partition coefficient (Wildman–Crippen LogP) is 0.510. The van der Waals surface area contributed by atoms with Crippen molar-refractivity contribution in [3.05, 3.63) is 0 Å². The van der Waals surface area contributed by atoms with Crippen LogP contribution in [0.5, 0.6) is 0 Å². The minimum absolute atomic E-state index is 0. The Kier molecular flexibility index (Phi) is 12.6. The summed E-state index contributed by atoms with van der Waals surface area (Å²) in [6.45, 7) is 6.48. The third-order valence-corrected chi connectivity index (χ3v) is 3.65. The Bertz CT molecular complexity index is 398. The van der Waals surface area contributed by atoms with E-state index in [1.54, 1.807) is 0 Å². The molecule has 0 spiro atoms. The Balaban J connectivity index is 0.00000529. The number of rotatable bonds is 10. The number of guanidine groups is 1. The van der Waals surface area contributed by atoms with Crippen LogP contribution in [0.2, 0.25) is 0 Å². The minimum Gasteiger partial charge on any atom is -0.396 e. The maximum Gasteiger partial charge on any atom is 0.324 e. The molecular weight excluding hydrogens is 425 g/mol. The topological polar surface area (TPSA) is 106 Å². The van der Waals surface area contributed by atoms with Crippen LogP contribution in [-0.2, 0) is 4.79 Å². The van der Waals surface area contributed by atoms with Crippen molar-refractivity contribution in [1.29, 1.82) is 0 Å². The van der Waals surface area contributed by atoms with Gasteiger partial charge in [-0.05, 0) is 25.7 Å². The molecular formula is C15H30IN5O3. The van der Waals surface area contributed by atoms with Crippen molar-refractivity contribution < 1.29 is 14.7 Å². The van der Waals surface area contributed by atoms with E-state index in [0.717, 1.165) is 25.8 Å². The van der Waals surface area contributed by atoms with Crippen molar-refractivity contribution in [2.24, 2.45) is 10.9 Å². The first-order valence-corrected chi connectivity index (χ1v) is 8.33. The van der Waals surface area contributed by atoms with Crippen molar-refractivity contribution in [3.63, 3.8) is 0 Å². The molecule has 140 valence electrons. The SMILES string of the molecule is CCCC(CCO)CN=C(NCC)NCCN1C(=O)CNC1=O.I. The number of hydrogen-bond donors (Lipinski definition) is 4. The van der Waals surface area contributed by atoms with E-state index >= 15 is 0 Å². The molecule has 1 heterocycles. The molecule has 0 bridgehead atoms. The number of urea groups is 1. The fourth-order valence-corrected chi connectivity index (χ4v) is 2.45. The lowest BCUT2D eigenvalue weighted by Gasteiger charge is -2.17. The molecule has 0 saturated carbocycles. The smallest absolute Gasteiger partial charge is 0.324 e. The summed E-state index contributed by atoms with van der Waals surface area (Å²) in [7, 11) is 0. The third-order valence-electron chi connectivity index (χ3n) is 3.65. The second-order valence-corrected chi connectivity index (χ2v) is 5.52. The maximum atomic E-state index is 11.5. The molecule has 1 aliphatic rings. The van der Waals surface area contributed by atoms with Gasteiger partial charge in [0, 0.05) is 32.8 Å². The van der Waals surface area contributed by atoms with E-state index < -0.39 is 0 Å². The van der Waals surface area contributed by atoms with E-state index in [0.29, 0.717) is 31.5 Å². The number of aliphatic hydroxyl groups excluding tert-OH is 1. The van der Waals surface area contributed by atoms with Gasteiger partial charge in [0.2, 0.25) is 5.91 Å². The number of nitrogens with zero attached hydrogens (tertiary/aromatic N) is 2. The minimum atomic E-state index is -0.343. The van der Waals surface area contributed by atoms with Crippen LogP contribution < -0.4 is 16.0 Å². The van der Waals surface area contributed by atoms with Gasteiger partial charge >= 0.3 is 6.03 Å². The number of carbonyl (C=O) groups is 2. The van der Waals surface area contributed by atoms with Crippen LogP contribution in [0, 0.1) is 5.92 Å². The Labute approximate surface area is 160 Å². The molecule has 0 aromatic rings. The second-order valence-electron chi connectivity index (χ2n) is 5.52. The lowest BCUT2D eigenvalue weighted by atomic mass is 10.0. The number of aliphatic hydroxyl groups is 1. The summed E-state index contributed by atoms with van der Waals surface area (Å²) in [5, 5.41) is 17.9. The number of halogens is 1. The third kappa shape index (κ3) is 8.13. The monoisotopic (exact) mass is 455 g/mol. The number of aliphatic imine (C=N–C) groups is 1. The van der Waals surface area contributed by atoms with Crippen LogP contribution in [-0.4, -0.2) is 67.2 Å². The lowest BCUT2D eigenvalue weighted by Crippen LogP contribution is -2.43. The molecule has 9 heteroatoms. The first-order valence-electron chi connectivity index (χ1n) is 8.33. The Morgan fingerprint density at radius 2 is 2.08 bits per heavy atom. The Morgan fingerprint density at radius 1 is 1.33 bits per heavy atom. The van der Waals surface area contributed by atoms with Gasteiger partial charge < -0.3 is 21.1 Å². The highest BCUT2D eigenvalue weighted by Gasteiger charge is 2.27. The number of hydrogen-bond acceptors (Lipinski definition) is 4. The quantitative estimate of drug-likeness (QED) is 0.166. The molecule has 1 atom stereocenters. The average Bonchev–Trinajstić information content (AvgIpc) is 2.84. The van der Waals surface area contributed by atoms with E-state index in [2.05, 4.69) is 27.9 Å². The standard InChI is InChI=1S/C15H29N5O3.HI/c1-3-5-12(6-9-21)10-18-14(16-4-2)17-7-8-20-13(22)11-19-15(20)23;/h12,21H,3-11H2,1-2H3,(H,19,23)(H2,16,17,18);1H. The largest absolute Gasteiger partial charge is 0.396 e. The number of imide groups is 1. The number of nitrogens with one attached hydrogen (secondary N) is 3. The van der Waals surface area contributed by atoms with E-state index in [9.17, 15) is 9.59 Å². The molecule has 3 amide bonds. The van der Waals surface area contributed by atoms with Crippen molar-refractivity contribution in [2.75, 3.05) is 39.3 Å². The van der Waals surface area contributed by atoms with Crippen molar-refractivity contribution in [3.8, 4) is 0 Å². The summed E-state index contributed by atoms with van der Waals surface area (Å²) >= 11 is 0. The fraction of sp³-hybridized carbons (Fsp3) is 0.800. The highest BCUT2D eigenvalue weighted by atomic mass is 127. The van der Waals surface area contributed by atoms with E-state index in [-0.39, 0.29) is 49.1 Å². The second kappa shape index (κ2) is 13.2. The van der Waals surface area contributed by atoms with E-state index in [1.807, 2.05) is 6.92 Å². The zero-order valence-corrected chi connectivity index (χ0v) is 16.8. The molecule has 24 heavy (non-hydrogen) atoms. The van der Waals surface area contributed by atoms with Crippen LogP contribution in [0.4, 0.5) is 4.79 Å². The van der Waals surface area contributed by atoms with Gasteiger partial charge in [-0.2, -0.15) is 0 Å². The number of carbonyl (C=O) groups excluding carboxylic acids is 2. The highest BCUT2D eigenvalue weighted by Crippen LogP contribution is 2.10. The first kappa shape index (κ1) is 22.9. The van der Waals surface area contributed by atoms with Gasteiger partial charge in [-0.25, -0.2) is 4.79 Å². The molecule has 1 rings (SSSR count). The summed E-state index contributed by atoms with van der Waals surface area (Å²) in [6, 6.07) is -0.343. The van der Waals surface area contributed by atoms with Crippen LogP contribution in [0.25, 0.3) is 0 Å². The summed E-state index contributed by atoms with van der Waals surface area (Å²) in [5.41, 5.74) is 0. The molecule has 8 nitrogen and oxygen atoms in total. The normalized spacial score (nSPS) is 15.8. The predicted molar refractivity (Wildman–Crippen MR) is 105 cm³/mol. The molecule has 0 radical (unpaired) electrons. The summed E-state index contributed by atoms with van der Waals surface area (Å²) in [5.74, 6) is 0.828. The molecule has 4 N–H and O–H groups in total. The van der Waals surface area contributed by atoms with Gasteiger partial charge in [-0.15, -0.1) is 24.0 Å². The first-order chi connectivity index (χ1) is 11.1. The van der Waals surface area contributed by atoms with Gasteiger partial charge in [-0.3, -0.25) is 14.7 Å². The molecule has 1 fully saturated rings. The van der Waals surface area contributed by atoms with E-state index in [4.69, 9.17) is 5.11 Å². The van der Waals surface area contributed by atoms with E-state index in [1.165, 1.54) is 4.90 Å². The molecule has 0 aromatic heterocycles. The van der Waals surface area contributed by atoms with Crippen LogP contribution >= 0.6 is 24.0 Å². The zero-order chi connectivity index (χ0) is 17.1.